The summed E-state index contributed by atoms with van der Waals surface area (Å²) in [6.07, 6.45) is -2.91. The maximum absolute atomic E-state index is 12.3. The Kier molecular flexibility index (Phi) is 4.59. The molecule has 3 aromatic rings. The molecule has 0 aliphatic heterocycles. The number of ketones is 1. The fraction of sp³-hybridized carbons (Fsp3) is 0.150. The largest absolute Gasteiger partial charge is 0.573 e. The van der Waals surface area contributed by atoms with Gasteiger partial charge in [0.05, 0.1) is 0 Å². The third-order valence-electron chi connectivity index (χ3n) is 4.04. The van der Waals surface area contributed by atoms with Crippen molar-refractivity contribution in [3.8, 4) is 22.6 Å². The summed E-state index contributed by atoms with van der Waals surface area (Å²) in [5.74, 6) is -0.363. The molecule has 2 aromatic carbocycles. The zero-order chi connectivity index (χ0) is 18.9. The van der Waals surface area contributed by atoms with Gasteiger partial charge in [-0.25, -0.2) is 0 Å². The molecule has 0 atom stereocenters. The summed E-state index contributed by atoms with van der Waals surface area (Å²) in [4.78, 5) is 12.2. The Morgan fingerprint density at radius 2 is 1.62 bits per heavy atom. The first-order valence-corrected chi connectivity index (χ1v) is 7.91. The minimum atomic E-state index is -4.73. The Morgan fingerprint density at radius 1 is 1.00 bits per heavy atom. The number of benzene rings is 2. The molecule has 6 heteroatoms. The number of Topliss-reactive ketones (excluding diaryl/α,β-unsaturated/α-hetero) is 1. The molecule has 3 nitrogen and oxygen atoms in total. The molecule has 1 heterocycles. The average molecular weight is 359 g/mol. The zero-order valence-corrected chi connectivity index (χ0v) is 14.2. The molecule has 0 radical (unpaired) electrons. The van der Waals surface area contributed by atoms with E-state index in [4.69, 9.17) is 0 Å². The number of carbonyl (C=O) groups excluding carboxylic acids is 1. The normalized spacial score (nSPS) is 11.4. The van der Waals surface area contributed by atoms with Gasteiger partial charge in [-0.15, -0.1) is 13.2 Å². The van der Waals surface area contributed by atoms with Crippen molar-refractivity contribution in [1.82, 2.24) is 4.57 Å². The van der Waals surface area contributed by atoms with Crippen LogP contribution in [0.25, 0.3) is 16.8 Å². The highest BCUT2D eigenvalue weighted by Crippen LogP contribution is 2.31. The van der Waals surface area contributed by atoms with Crippen molar-refractivity contribution in [3.05, 3.63) is 72.1 Å². The minimum absolute atomic E-state index is 0.0721. The monoisotopic (exact) mass is 359 g/mol. The van der Waals surface area contributed by atoms with Crippen LogP contribution in [0.15, 0.2) is 60.8 Å². The number of ether oxygens (including phenoxy) is 1. The number of rotatable bonds is 4. The van der Waals surface area contributed by atoms with Crippen molar-refractivity contribution in [3.63, 3.8) is 0 Å². The number of halogens is 3. The van der Waals surface area contributed by atoms with Gasteiger partial charge in [-0.1, -0.05) is 30.3 Å². The van der Waals surface area contributed by atoms with Crippen LogP contribution < -0.4 is 4.74 Å². The van der Waals surface area contributed by atoms with Crippen LogP contribution in [-0.2, 0) is 0 Å². The van der Waals surface area contributed by atoms with Crippen LogP contribution in [0.1, 0.15) is 23.0 Å². The summed E-state index contributed by atoms with van der Waals surface area (Å²) >= 11 is 0. The van der Waals surface area contributed by atoms with E-state index in [9.17, 15) is 18.0 Å². The first-order chi connectivity index (χ1) is 12.3. The molecule has 0 fully saturated rings. The third-order valence-corrected chi connectivity index (χ3v) is 4.04. The molecule has 0 spiro atoms. The van der Waals surface area contributed by atoms with Gasteiger partial charge in [0.2, 0.25) is 0 Å². The fourth-order valence-corrected chi connectivity index (χ4v) is 2.96. The number of nitrogens with zero attached hydrogens (tertiary/aromatic N) is 1. The number of carbonyl (C=O) groups is 1. The minimum Gasteiger partial charge on any atom is -0.406 e. The first kappa shape index (κ1) is 17.8. The number of hydrogen-bond donors (Lipinski definition) is 0. The van der Waals surface area contributed by atoms with Gasteiger partial charge >= 0.3 is 6.36 Å². The summed E-state index contributed by atoms with van der Waals surface area (Å²) in [6, 6.07) is 15.0. The van der Waals surface area contributed by atoms with Crippen LogP contribution in [0.3, 0.4) is 0 Å². The van der Waals surface area contributed by atoms with Crippen molar-refractivity contribution in [2.45, 2.75) is 20.2 Å². The summed E-state index contributed by atoms with van der Waals surface area (Å²) in [7, 11) is 0. The van der Waals surface area contributed by atoms with Crippen LogP contribution in [0.5, 0.6) is 5.75 Å². The maximum atomic E-state index is 12.3. The lowest BCUT2D eigenvalue weighted by molar-refractivity contribution is -0.274. The molecule has 1 aromatic heterocycles. The predicted octanol–water partition coefficient (Wildman–Crippen LogP) is 5.55. The SMILES string of the molecule is CC(=O)c1c(-c2ccccc2)cn(-c2ccc(OC(F)(F)F)cc2)c1C. The van der Waals surface area contributed by atoms with Crippen molar-refractivity contribution in [1.29, 1.82) is 0 Å². The molecular formula is C20H16F3NO2. The topological polar surface area (TPSA) is 31.2 Å². The van der Waals surface area contributed by atoms with E-state index in [-0.39, 0.29) is 11.5 Å². The second kappa shape index (κ2) is 6.71. The lowest BCUT2D eigenvalue weighted by Gasteiger charge is -2.11. The Balaban J connectivity index is 2.05. The molecule has 0 bridgehead atoms. The van der Waals surface area contributed by atoms with Gasteiger partial charge in [0, 0.05) is 28.7 Å². The molecule has 0 saturated heterocycles. The van der Waals surface area contributed by atoms with Gasteiger partial charge in [-0.05, 0) is 43.7 Å². The van der Waals surface area contributed by atoms with E-state index in [2.05, 4.69) is 4.74 Å². The van der Waals surface area contributed by atoms with Crippen molar-refractivity contribution >= 4 is 5.78 Å². The Hall–Kier alpha value is -3.02. The van der Waals surface area contributed by atoms with Crippen LogP contribution in [0, 0.1) is 6.92 Å². The van der Waals surface area contributed by atoms with Crippen molar-refractivity contribution < 1.29 is 22.7 Å². The van der Waals surface area contributed by atoms with Gasteiger partial charge in [0.15, 0.2) is 5.78 Å². The van der Waals surface area contributed by atoms with Crippen molar-refractivity contribution in [2.75, 3.05) is 0 Å². The highest BCUT2D eigenvalue weighted by atomic mass is 19.4. The summed E-state index contributed by atoms with van der Waals surface area (Å²) in [5, 5.41) is 0. The lowest BCUT2D eigenvalue weighted by Crippen LogP contribution is -2.17. The molecular weight excluding hydrogens is 343 g/mol. The van der Waals surface area contributed by atoms with E-state index >= 15 is 0 Å². The van der Waals surface area contributed by atoms with Gasteiger partial charge in [-0.2, -0.15) is 0 Å². The quantitative estimate of drug-likeness (QED) is 0.572. The molecule has 0 unspecified atom stereocenters. The molecule has 0 aliphatic carbocycles. The van der Waals surface area contributed by atoms with Crippen LogP contribution in [-0.4, -0.2) is 16.7 Å². The first-order valence-electron chi connectivity index (χ1n) is 7.91. The molecule has 0 saturated carbocycles. The van der Waals surface area contributed by atoms with Gasteiger partial charge in [0.1, 0.15) is 5.75 Å². The Bertz CT molecular complexity index is 926. The zero-order valence-electron chi connectivity index (χ0n) is 14.2. The van der Waals surface area contributed by atoms with Gasteiger partial charge in [0.25, 0.3) is 0 Å². The van der Waals surface area contributed by atoms with E-state index < -0.39 is 6.36 Å². The number of alkyl halides is 3. The lowest BCUT2D eigenvalue weighted by atomic mass is 10.0. The third kappa shape index (κ3) is 3.64. The Morgan fingerprint density at radius 3 is 2.15 bits per heavy atom. The second-order valence-electron chi connectivity index (χ2n) is 5.84. The molecule has 0 aliphatic rings. The Labute approximate surface area is 148 Å². The van der Waals surface area contributed by atoms with Gasteiger partial charge in [-0.3, -0.25) is 4.79 Å². The molecule has 134 valence electrons. The number of hydrogen-bond acceptors (Lipinski definition) is 2. The standard InChI is InChI=1S/C20H16F3NO2/c1-13-19(14(2)25)18(15-6-4-3-5-7-15)12-24(13)16-8-10-17(11-9-16)26-20(21,22)23/h3-12H,1-2H3. The molecule has 0 amide bonds. The predicted molar refractivity (Wildman–Crippen MR) is 92.6 cm³/mol. The molecule has 0 N–H and O–H groups in total. The molecule has 26 heavy (non-hydrogen) atoms. The molecule has 3 rings (SSSR count). The van der Waals surface area contributed by atoms with Crippen molar-refractivity contribution in [2.24, 2.45) is 0 Å². The average Bonchev–Trinajstić information content (AvgIpc) is 2.92. The van der Waals surface area contributed by atoms with E-state index in [1.54, 1.807) is 4.57 Å². The number of aromatic nitrogens is 1. The van der Waals surface area contributed by atoms with E-state index in [0.29, 0.717) is 11.3 Å². The van der Waals surface area contributed by atoms with Crippen LogP contribution in [0.2, 0.25) is 0 Å². The summed E-state index contributed by atoms with van der Waals surface area (Å²) in [5.41, 5.74) is 3.64. The van der Waals surface area contributed by atoms with Gasteiger partial charge < -0.3 is 9.30 Å². The van der Waals surface area contributed by atoms with E-state index in [0.717, 1.165) is 16.8 Å². The van der Waals surface area contributed by atoms with Crippen LogP contribution >= 0.6 is 0 Å². The highest BCUT2D eigenvalue weighted by Gasteiger charge is 2.31. The summed E-state index contributed by atoms with van der Waals surface area (Å²) in [6.45, 7) is 3.31. The van der Waals surface area contributed by atoms with E-state index in [1.807, 2.05) is 43.5 Å². The van der Waals surface area contributed by atoms with E-state index in [1.165, 1.54) is 31.2 Å². The smallest absolute Gasteiger partial charge is 0.406 e. The summed E-state index contributed by atoms with van der Waals surface area (Å²) < 4.78 is 42.6. The fourth-order valence-electron chi connectivity index (χ4n) is 2.96. The highest BCUT2D eigenvalue weighted by molar-refractivity contribution is 6.02. The van der Waals surface area contributed by atoms with Crippen LogP contribution in [0.4, 0.5) is 13.2 Å². The second-order valence-corrected chi connectivity index (χ2v) is 5.84. The maximum Gasteiger partial charge on any atom is 0.573 e.